The zero-order chi connectivity index (χ0) is 14.7. The molecule has 1 aromatic heterocycles. The molecule has 1 amide bonds. The summed E-state index contributed by atoms with van der Waals surface area (Å²) >= 11 is 0. The second-order valence-corrected chi connectivity index (χ2v) is 4.92. The van der Waals surface area contributed by atoms with Crippen molar-refractivity contribution >= 4 is 5.91 Å². The van der Waals surface area contributed by atoms with Crippen molar-refractivity contribution in [1.29, 1.82) is 0 Å². The van der Waals surface area contributed by atoms with Crippen molar-refractivity contribution in [2.24, 2.45) is 0 Å². The van der Waals surface area contributed by atoms with Crippen molar-refractivity contribution in [3.8, 4) is 5.69 Å². The molecular weight excluding hydrogens is 270 g/mol. The molecule has 1 saturated heterocycles. The number of H-pyrrole nitrogens is 1. The summed E-state index contributed by atoms with van der Waals surface area (Å²) in [5.74, 6) is -0.142. The Kier molecular flexibility index (Phi) is 3.83. The van der Waals surface area contributed by atoms with Crippen LogP contribution in [0, 0.1) is 0 Å². The van der Waals surface area contributed by atoms with Crippen LogP contribution in [0.15, 0.2) is 35.1 Å². The molecule has 0 spiro atoms. The van der Waals surface area contributed by atoms with Gasteiger partial charge in [0.25, 0.3) is 5.91 Å². The number of para-hydroxylation sites is 1. The smallest absolute Gasteiger partial charge is 0.335 e. The van der Waals surface area contributed by atoms with Gasteiger partial charge in [-0.3, -0.25) is 9.78 Å². The number of aromatic nitrogens is 3. The Morgan fingerprint density at radius 2 is 1.95 bits per heavy atom. The number of hydrogen-bond donors (Lipinski definition) is 2. The topological polar surface area (TPSA) is 83.0 Å². The molecule has 1 aliphatic rings. The van der Waals surface area contributed by atoms with Gasteiger partial charge in [0.1, 0.15) is 0 Å². The van der Waals surface area contributed by atoms with Crippen molar-refractivity contribution in [2.75, 3.05) is 26.2 Å². The Morgan fingerprint density at radius 1 is 1.14 bits per heavy atom. The molecule has 21 heavy (non-hydrogen) atoms. The third-order valence-electron chi connectivity index (χ3n) is 3.45. The maximum atomic E-state index is 12.4. The lowest BCUT2D eigenvalue weighted by Gasteiger charge is -2.17. The lowest BCUT2D eigenvalue weighted by atomic mass is 10.3. The molecule has 2 N–H and O–H groups in total. The molecular formula is C14H17N5O2. The Balaban J connectivity index is 1.86. The predicted molar refractivity (Wildman–Crippen MR) is 77.6 cm³/mol. The lowest BCUT2D eigenvalue weighted by Crippen LogP contribution is -2.35. The van der Waals surface area contributed by atoms with E-state index >= 15 is 0 Å². The molecule has 0 aliphatic carbocycles. The minimum absolute atomic E-state index is 0.0887. The first-order chi connectivity index (χ1) is 10.3. The second kappa shape index (κ2) is 5.92. The van der Waals surface area contributed by atoms with Gasteiger partial charge in [0.15, 0.2) is 0 Å². The van der Waals surface area contributed by atoms with Crippen LogP contribution in [0.1, 0.15) is 17.0 Å². The first kappa shape index (κ1) is 13.6. The normalized spacial score (nSPS) is 15.7. The van der Waals surface area contributed by atoms with E-state index in [1.807, 2.05) is 18.2 Å². The molecule has 0 atom stereocenters. The molecule has 1 aromatic carbocycles. The molecule has 2 heterocycles. The number of carbonyl (C=O) groups is 1. The monoisotopic (exact) mass is 287 g/mol. The van der Waals surface area contributed by atoms with Crippen LogP contribution < -0.4 is 11.0 Å². The molecule has 1 fully saturated rings. The van der Waals surface area contributed by atoms with Gasteiger partial charge in [-0.25, -0.2) is 4.79 Å². The second-order valence-electron chi connectivity index (χ2n) is 4.92. The molecule has 110 valence electrons. The standard InChI is InChI=1S/C14H17N5O2/c20-13(18-9-4-7-15-8-10-18)12-16-14(21)19(17-12)11-5-2-1-3-6-11/h1-3,5-6,15H,4,7-10H2,(H,16,17,21). The Morgan fingerprint density at radius 3 is 2.76 bits per heavy atom. The van der Waals surface area contributed by atoms with Crippen LogP contribution in [-0.4, -0.2) is 51.8 Å². The summed E-state index contributed by atoms with van der Waals surface area (Å²) in [6.45, 7) is 2.96. The van der Waals surface area contributed by atoms with E-state index in [-0.39, 0.29) is 11.7 Å². The SMILES string of the molecule is O=C(c1nn(-c2ccccc2)c(=O)[nH]1)N1CCCNCC1. The Bertz CT molecular complexity index is 668. The van der Waals surface area contributed by atoms with Gasteiger partial charge in [-0.05, 0) is 25.1 Å². The van der Waals surface area contributed by atoms with Crippen molar-refractivity contribution in [3.05, 3.63) is 46.6 Å². The molecule has 7 nitrogen and oxygen atoms in total. The summed E-state index contributed by atoms with van der Waals surface area (Å²) in [6, 6.07) is 9.03. The largest absolute Gasteiger partial charge is 0.348 e. The number of hydrogen-bond acceptors (Lipinski definition) is 4. The highest BCUT2D eigenvalue weighted by atomic mass is 16.2. The van der Waals surface area contributed by atoms with Gasteiger partial charge < -0.3 is 10.2 Å². The van der Waals surface area contributed by atoms with E-state index in [0.29, 0.717) is 18.8 Å². The summed E-state index contributed by atoms with van der Waals surface area (Å²) in [4.78, 5) is 28.6. The van der Waals surface area contributed by atoms with Crippen molar-refractivity contribution < 1.29 is 4.79 Å². The Labute approximate surface area is 121 Å². The van der Waals surface area contributed by atoms with Gasteiger partial charge in [-0.1, -0.05) is 18.2 Å². The summed E-state index contributed by atoms with van der Waals surface area (Å²) < 4.78 is 1.21. The van der Waals surface area contributed by atoms with Gasteiger partial charge in [-0.15, -0.1) is 5.10 Å². The summed E-state index contributed by atoms with van der Waals surface area (Å²) in [6.07, 6.45) is 0.898. The first-order valence-electron chi connectivity index (χ1n) is 7.00. The fourth-order valence-corrected chi connectivity index (χ4v) is 2.36. The number of nitrogens with one attached hydrogen (secondary N) is 2. The molecule has 0 bridgehead atoms. The van der Waals surface area contributed by atoms with Crippen LogP contribution >= 0.6 is 0 Å². The molecule has 3 rings (SSSR count). The third kappa shape index (κ3) is 2.87. The highest BCUT2D eigenvalue weighted by molar-refractivity contribution is 5.90. The fourth-order valence-electron chi connectivity index (χ4n) is 2.36. The summed E-state index contributed by atoms with van der Waals surface area (Å²) in [7, 11) is 0. The van der Waals surface area contributed by atoms with E-state index in [1.165, 1.54) is 4.68 Å². The van der Waals surface area contributed by atoms with E-state index in [2.05, 4.69) is 15.4 Å². The molecule has 0 radical (unpaired) electrons. The molecule has 0 saturated carbocycles. The van der Waals surface area contributed by atoms with Gasteiger partial charge >= 0.3 is 5.69 Å². The van der Waals surface area contributed by atoms with E-state index in [0.717, 1.165) is 19.5 Å². The maximum Gasteiger partial charge on any atom is 0.348 e. The van der Waals surface area contributed by atoms with Crippen LogP contribution in [0.2, 0.25) is 0 Å². The summed E-state index contributed by atoms with van der Waals surface area (Å²) in [5.41, 5.74) is 0.229. The van der Waals surface area contributed by atoms with Crippen molar-refractivity contribution in [3.63, 3.8) is 0 Å². The Hall–Kier alpha value is -2.41. The fraction of sp³-hybridized carbons (Fsp3) is 0.357. The lowest BCUT2D eigenvalue weighted by molar-refractivity contribution is 0.0754. The average molecular weight is 287 g/mol. The van der Waals surface area contributed by atoms with Crippen LogP contribution in [0.5, 0.6) is 0 Å². The predicted octanol–water partition coefficient (Wildman–Crippen LogP) is -0.00390. The van der Waals surface area contributed by atoms with E-state index in [4.69, 9.17) is 0 Å². The number of carbonyl (C=O) groups excluding carboxylic acids is 1. The molecule has 1 aliphatic heterocycles. The van der Waals surface area contributed by atoms with Crippen molar-refractivity contribution in [2.45, 2.75) is 6.42 Å². The van der Waals surface area contributed by atoms with Crippen LogP contribution in [0.4, 0.5) is 0 Å². The average Bonchev–Trinajstić information content (AvgIpc) is 2.74. The van der Waals surface area contributed by atoms with Crippen LogP contribution in [0.25, 0.3) is 5.69 Å². The zero-order valence-electron chi connectivity index (χ0n) is 11.6. The van der Waals surface area contributed by atoms with E-state index < -0.39 is 5.69 Å². The van der Waals surface area contributed by atoms with Gasteiger partial charge in [-0.2, -0.15) is 4.68 Å². The van der Waals surface area contributed by atoms with E-state index in [1.54, 1.807) is 17.0 Å². The number of rotatable bonds is 2. The van der Waals surface area contributed by atoms with Gasteiger partial charge in [0.05, 0.1) is 5.69 Å². The van der Waals surface area contributed by atoms with Gasteiger partial charge in [0, 0.05) is 19.6 Å². The molecule has 2 aromatic rings. The quantitative estimate of drug-likeness (QED) is 0.814. The highest BCUT2D eigenvalue weighted by Crippen LogP contribution is 2.05. The third-order valence-corrected chi connectivity index (χ3v) is 3.45. The molecule has 7 heteroatoms. The van der Waals surface area contributed by atoms with E-state index in [9.17, 15) is 9.59 Å². The van der Waals surface area contributed by atoms with Crippen molar-refractivity contribution in [1.82, 2.24) is 25.0 Å². The zero-order valence-corrected chi connectivity index (χ0v) is 11.6. The first-order valence-corrected chi connectivity index (χ1v) is 7.00. The number of aromatic amines is 1. The number of amides is 1. The molecule has 0 unspecified atom stereocenters. The van der Waals surface area contributed by atoms with Crippen LogP contribution in [-0.2, 0) is 0 Å². The minimum atomic E-state index is -0.405. The highest BCUT2D eigenvalue weighted by Gasteiger charge is 2.21. The maximum absolute atomic E-state index is 12.4. The van der Waals surface area contributed by atoms with Crippen LogP contribution in [0.3, 0.4) is 0 Å². The summed E-state index contributed by atoms with van der Waals surface area (Å²) in [5, 5.41) is 7.36. The number of nitrogens with zero attached hydrogens (tertiary/aromatic N) is 3. The minimum Gasteiger partial charge on any atom is -0.335 e. The van der Waals surface area contributed by atoms with Gasteiger partial charge in [0.2, 0.25) is 5.82 Å². The number of benzene rings is 1.